The summed E-state index contributed by atoms with van der Waals surface area (Å²) in [6, 6.07) is 23.9. The van der Waals surface area contributed by atoms with Crippen molar-refractivity contribution in [2.45, 2.75) is 38.3 Å². The number of carbonyl (C=O) groups is 1. The maximum Gasteiger partial charge on any atom is 0.230 e. The van der Waals surface area contributed by atoms with E-state index < -0.39 is 0 Å². The van der Waals surface area contributed by atoms with Gasteiger partial charge in [-0.1, -0.05) is 72.7 Å². The fourth-order valence-corrected chi connectivity index (χ4v) is 4.34. The molecule has 0 saturated heterocycles. The van der Waals surface area contributed by atoms with Crippen molar-refractivity contribution < 1.29 is 18.8 Å². The van der Waals surface area contributed by atoms with Gasteiger partial charge in [0.1, 0.15) is 11.6 Å². The van der Waals surface area contributed by atoms with Crippen molar-refractivity contribution >= 4 is 11.6 Å². The summed E-state index contributed by atoms with van der Waals surface area (Å²) < 4.78 is 20.0. The normalized spacial score (nSPS) is 15.9. The molecular formula is C28H29FN2O3. The lowest BCUT2D eigenvalue weighted by Gasteiger charge is -2.29. The number of rotatable bonds is 9. The van der Waals surface area contributed by atoms with Crippen molar-refractivity contribution in [2.75, 3.05) is 13.7 Å². The quantitative estimate of drug-likeness (QED) is 0.421. The van der Waals surface area contributed by atoms with Gasteiger partial charge in [0.15, 0.2) is 6.10 Å². The maximum absolute atomic E-state index is 14.5. The zero-order valence-corrected chi connectivity index (χ0v) is 19.5. The zero-order chi connectivity index (χ0) is 23.9. The number of methoxy groups -OCH3 is 1. The molecule has 0 fully saturated rings. The van der Waals surface area contributed by atoms with Crippen LogP contribution in [0, 0.1) is 5.82 Å². The molecular weight excluding hydrogens is 431 g/mol. The topological polar surface area (TPSA) is 51.1 Å². The molecule has 2 atom stereocenters. The van der Waals surface area contributed by atoms with E-state index in [2.05, 4.69) is 5.16 Å². The molecule has 1 heterocycles. The predicted molar refractivity (Wildman–Crippen MR) is 130 cm³/mol. The summed E-state index contributed by atoms with van der Waals surface area (Å²) in [4.78, 5) is 21.2. The number of nitrogens with zero attached hydrogens (tertiary/aromatic N) is 2. The van der Waals surface area contributed by atoms with E-state index in [1.807, 2.05) is 61.5 Å². The van der Waals surface area contributed by atoms with Crippen LogP contribution in [-0.4, -0.2) is 36.3 Å². The minimum Gasteiger partial charge on any atom is -0.496 e. The third-order valence-electron chi connectivity index (χ3n) is 6.11. The molecule has 0 radical (unpaired) electrons. The molecule has 5 nitrogen and oxygen atoms in total. The first kappa shape index (κ1) is 23.5. The summed E-state index contributed by atoms with van der Waals surface area (Å²) in [5.41, 5.74) is 3.07. The second-order valence-electron chi connectivity index (χ2n) is 8.35. The Morgan fingerprint density at radius 2 is 1.79 bits per heavy atom. The number of carbonyl (C=O) groups excluding carboxylic acids is 1. The Labute approximate surface area is 199 Å². The molecule has 3 aromatic rings. The molecule has 4 rings (SSSR count). The number of hydrogen-bond donors (Lipinski definition) is 0. The molecule has 0 N–H and O–H groups in total. The molecule has 1 amide bonds. The number of benzene rings is 3. The van der Waals surface area contributed by atoms with Crippen LogP contribution in [0.3, 0.4) is 0 Å². The summed E-state index contributed by atoms with van der Waals surface area (Å²) in [6.45, 7) is 2.46. The van der Waals surface area contributed by atoms with Crippen LogP contribution in [0.15, 0.2) is 84.0 Å². The van der Waals surface area contributed by atoms with E-state index in [4.69, 9.17) is 9.57 Å². The third kappa shape index (κ3) is 5.28. The highest BCUT2D eigenvalue weighted by Gasteiger charge is 2.31. The highest BCUT2D eigenvalue weighted by atomic mass is 19.1. The Morgan fingerprint density at radius 3 is 2.53 bits per heavy atom. The molecule has 0 bridgehead atoms. The number of halogens is 1. The lowest BCUT2D eigenvalue weighted by atomic mass is 9.94. The fraction of sp³-hybridized carbons (Fsp3) is 0.286. The highest BCUT2D eigenvalue weighted by molar-refractivity contribution is 6.03. The van der Waals surface area contributed by atoms with Crippen molar-refractivity contribution in [3.05, 3.63) is 101 Å². The van der Waals surface area contributed by atoms with Gasteiger partial charge in [-0.05, 0) is 30.2 Å². The van der Waals surface area contributed by atoms with Gasteiger partial charge in [-0.25, -0.2) is 4.39 Å². The van der Waals surface area contributed by atoms with Gasteiger partial charge in [0.05, 0.1) is 25.3 Å². The second-order valence-corrected chi connectivity index (χ2v) is 8.35. The van der Waals surface area contributed by atoms with Crippen molar-refractivity contribution in [2.24, 2.45) is 5.16 Å². The molecule has 1 aliphatic heterocycles. The standard InChI is InChI=1S/C28H29FN2O3/c1-3-23(20-11-5-4-6-12-20)28(32)31(18-21-13-7-9-15-25(21)29)19-22-17-26(30-34-22)24-14-8-10-16-27(24)33-2/h4-16,22-23H,3,17-19H2,1-2H3/t22-,23-/m1/s1. The van der Waals surface area contributed by atoms with Crippen LogP contribution in [0.5, 0.6) is 5.75 Å². The van der Waals surface area contributed by atoms with E-state index in [9.17, 15) is 9.18 Å². The van der Waals surface area contributed by atoms with Gasteiger partial charge in [0, 0.05) is 24.1 Å². The molecule has 1 aliphatic rings. The highest BCUT2D eigenvalue weighted by Crippen LogP contribution is 2.28. The van der Waals surface area contributed by atoms with Crippen LogP contribution in [0.1, 0.15) is 42.4 Å². The van der Waals surface area contributed by atoms with Gasteiger partial charge in [-0.3, -0.25) is 4.79 Å². The van der Waals surface area contributed by atoms with Gasteiger partial charge < -0.3 is 14.5 Å². The van der Waals surface area contributed by atoms with Crippen LogP contribution in [0.25, 0.3) is 0 Å². The maximum atomic E-state index is 14.5. The van der Waals surface area contributed by atoms with Gasteiger partial charge >= 0.3 is 0 Å². The molecule has 6 heteroatoms. The number of hydrogen-bond acceptors (Lipinski definition) is 4. The molecule has 0 spiro atoms. The van der Waals surface area contributed by atoms with E-state index >= 15 is 0 Å². The number of para-hydroxylation sites is 1. The predicted octanol–water partition coefficient (Wildman–Crippen LogP) is 5.55. The number of oxime groups is 1. The van der Waals surface area contributed by atoms with E-state index in [1.165, 1.54) is 6.07 Å². The first-order valence-electron chi connectivity index (χ1n) is 11.5. The lowest BCUT2D eigenvalue weighted by molar-refractivity contribution is -0.135. The second kappa shape index (κ2) is 11.0. The Bertz CT molecular complexity index is 1150. The number of ether oxygens (including phenoxy) is 1. The van der Waals surface area contributed by atoms with Crippen molar-refractivity contribution in [3.63, 3.8) is 0 Å². The fourth-order valence-electron chi connectivity index (χ4n) is 4.34. The van der Waals surface area contributed by atoms with Gasteiger partial charge in [0.2, 0.25) is 5.91 Å². The van der Waals surface area contributed by atoms with Crippen molar-refractivity contribution in [1.29, 1.82) is 0 Å². The molecule has 34 heavy (non-hydrogen) atoms. The monoisotopic (exact) mass is 460 g/mol. The van der Waals surface area contributed by atoms with Crippen LogP contribution in [0.4, 0.5) is 4.39 Å². The Hall–Kier alpha value is -3.67. The van der Waals surface area contributed by atoms with E-state index in [0.717, 1.165) is 22.6 Å². The van der Waals surface area contributed by atoms with E-state index in [-0.39, 0.29) is 30.3 Å². The summed E-state index contributed by atoms with van der Waals surface area (Å²) in [7, 11) is 1.62. The number of amides is 1. The summed E-state index contributed by atoms with van der Waals surface area (Å²) in [6.07, 6.45) is 0.846. The molecule has 0 unspecified atom stereocenters. The summed E-state index contributed by atoms with van der Waals surface area (Å²) in [5, 5.41) is 4.28. The van der Waals surface area contributed by atoms with Gasteiger partial charge in [0.25, 0.3) is 0 Å². The Balaban J connectivity index is 1.55. The smallest absolute Gasteiger partial charge is 0.230 e. The molecule has 0 aromatic heterocycles. The molecule has 176 valence electrons. The Morgan fingerprint density at radius 1 is 1.09 bits per heavy atom. The average molecular weight is 461 g/mol. The summed E-state index contributed by atoms with van der Waals surface area (Å²) >= 11 is 0. The van der Waals surface area contributed by atoms with E-state index in [0.29, 0.717) is 24.9 Å². The van der Waals surface area contributed by atoms with Crippen LogP contribution in [-0.2, 0) is 16.2 Å². The Kier molecular flexibility index (Phi) is 7.58. The zero-order valence-electron chi connectivity index (χ0n) is 19.5. The lowest BCUT2D eigenvalue weighted by Crippen LogP contribution is -2.40. The van der Waals surface area contributed by atoms with Crippen LogP contribution >= 0.6 is 0 Å². The largest absolute Gasteiger partial charge is 0.496 e. The van der Waals surface area contributed by atoms with Gasteiger partial charge in [-0.15, -0.1) is 0 Å². The van der Waals surface area contributed by atoms with E-state index in [1.54, 1.807) is 30.2 Å². The molecule has 3 aromatic carbocycles. The van der Waals surface area contributed by atoms with Crippen molar-refractivity contribution in [1.82, 2.24) is 4.90 Å². The third-order valence-corrected chi connectivity index (χ3v) is 6.11. The first-order valence-corrected chi connectivity index (χ1v) is 11.5. The minimum atomic E-state index is -0.330. The summed E-state index contributed by atoms with van der Waals surface area (Å²) in [5.74, 6) is 0.0292. The SMILES string of the molecule is CC[C@@H](C(=O)N(Cc1ccccc1F)C[C@H]1CC(c2ccccc2OC)=NO1)c1ccccc1. The minimum absolute atomic E-state index is 0.0497. The van der Waals surface area contributed by atoms with Crippen LogP contribution < -0.4 is 4.74 Å². The van der Waals surface area contributed by atoms with Crippen molar-refractivity contribution in [3.8, 4) is 5.75 Å². The molecule has 0 aliphatic carbocycles. The van der Waals surface area contributed by atoms with Crippen LogP contribution in [0.2, 0.25) is 0 Å². The average Bonchev–Trinajstić information content (AvgIpc) is 3.34. The van der Waals surface area contributed by atoms with Gasteiger partial charge in [-0.2, -0.15) is 0 Å². The molecule has 0 saturated carbocycles. The first-order chi connectivity index (χ1) is 16.6.